The highest BCUT2D eigenvalue weighted by atomic mass is 35.5. The van der Waals surface area contributed by atoms with Gasteiger partial charge in [0.1, 0.15) is 0 Å². The van der Waals surface area contributed by atoms with E-state index in [9.17, 15) is 10.1 Å². The van der Waals surface area contributed by atoms with Gasteiger partial charge in [0.25, 0.3) is 5.69 Å². The number of nitro groups is 1. The summed E-state index contributed by atoms with van der Waals surface area (Å²) in [4.78, 5) is 10.3. The topological polar surface area (TPSA) is 52.4 Å². The smallest absolute Gasteiger partial charge is 0.276 e. The average Bonchev–Trinajstić information content (AvgIpc) is 2.20. The second-order valence-electron chi connectivity index (χ2n) is 3.08. The minimum Gasteiger partial charge on any atom is -0.377 e. The van der Waals surface area contributed by atoms with Gasteiger partial charge in [-0.15, -0.1) is 0 Å². The fourth-order valence-corrected chi connectivity index (χ4v) is 1.32. The van der Waals surface area contributed by atoms with Crippen LogP contribution < -0.4 is 0 Å². The number of hydrogen-bond acceptors (Lipinski definition) is 3. The molecule has 15 heavy (non-hydrogen) atoms. The zero-order chi connectivity index (χ0) is 11.3. The van der Waals surface area contributed by atoms with Crippen LogP contribution in [0.5, 0.6) is 0 Å². The van der Waals surface area contributed by atoms with Crippen molar-refractivity contribution in [3.05, 3.63) is 38.9 Å². The lowest BCUT2D eigenvalue weighted by Gasteiger charge is -2.04. The first-order valence-electron chi connectivity index (χ1n) is 4.65. The van der Waals surface area contributed by atoms with Crippen molar-refractivity contribution in [2.75, 3.05) is 6.61 Å². The molecule has 0 atom stereocenters. The third kappa shape index (κ3) is 3.49. The van der Waals surface area contributed by atoms with E-state index in [4.69, 9.17) is 16.3 Å². The maximum Gasteiger partial charge on any atom is 0.276 e. The first-order valence-corrected chi connectivity index (χ1v) is 5.03. The Kier molecular flexibility index (Phi) is 4.52. The summed E-state index contributed by atoms with van der Waals surface area (Å²) in [7, 11) is 0. The molecule has 0 saturated carbocycles. The van der Waals surface area contributed by atoms with Crippen LogP contribution in [0.2, 0.25) is 5.02 Å². The molecule has 0 radical (unpaired) electrons. The first kappa shape index (κ1) is 11.9. The molecule has 5 heteroatoms. The molecule has 1 rings (SSSR count). The van der Waals surface area contributed by atoms with Crippen LogP contribution in [0.15, 0.2) is 18.2 Å². The molecular weight excluding hydrogens is 218 g/mol. The molecule has 0 unspecified atom stereocenters. The maximum absolute atomic E-state index is 10.7. The Labute approximate surface area is 93.0 Å². The van der Waals surface area contributed by atoms with Gasteiger partial charge in [-0.3, -0.25) is 10.1 Å². The monoisotopic (exact) mass is 229 g/mol. The van der Waals surface area contributed by atoms with Crippen molar-refractivity contribution in [3.63, 3.8) is 0 Å². The van der Waals surface area contributed by atoms with Gasteiger partial charge in [0, 0.05) is 17.7 Å². The van der Waals surface area contributed by atoms with Crippen molar-refractivity contribution in [2.24, 2.45) is 0 Å². The van der Waals surface area contributed by atoms with Crippen LogP contribution in [-0.2, 0) is 11.3 Å². The number of ether oxygens (including phenoxy) is 1. The lowest BCUT2D eigenvalue weighted by Crippen LogP contribution is -1.99. The van der Waals surface area contributed by atoms with Crippen molar-refractivity contribution >= 4 is 17.3 Å². The van der Waals surface area contributed by atoms with E-state index >= 15 is 0 Å². The summed E-state index contributed by atoms with van der Waals surface area (Å²) in [5.74, 6) is 0. The predicted octanol–water partition coefficient (Wildman–Crippen LogP) is 3.17. The maximum atomic E-state index is 10.7. The molecule has 0 N–H and O–H groups in total. The first-order chi connectivity index (χ1) is 7.15. The van der Waals surface area contributed by atoms with Crippen LogP contribution in [0.25, 0.3) is 0 Å². The van der Waals surface area contributed by atoms with Gasteiger partial charge >= 0.3 is 0 Å². The summed E-state index contributed by atoms with van der Waals surface area (Å²) < 4.78 is 5.25. The second kappa shape index (κ2) is 5.68. The molecular formula is C10H12ClNO3. The number of nitro benzene ring substituents is 1. The van der Waals surface area contributed by atoms with E-state index in [1.807, 2.05) is 6.92 Å². The van der Waals surface area contributed by atoms with Crippen LogP contribution in [0.1, 0.15) is 18.9 Å². The summed E-state index contributed by atoms with van der Waals surface area (Å²) in [5.41, 5.74) is 0.566. The second-order valence-corrected chi connectivity index (χ2v) is 3.52. The molecule has 0 aliphatic rings. The van der Waals surface area contributed by atoms with Crippen LogP contribution >= 0.6 is 11.6 Å². The van der Waals surface area contributed by atoms with E-state index in [1.54, 1.807) is 12.1 Å². The van der Waals surface area contributed by atoms with Gasteiger partial charge in [-0.05, 0) is 18.6 Å². The summed E-state index contributed by atoms with van der Waals surface area (Å²) in [5, 5.41) is 11.1. The summed E-state index contributed by atoms with van der Waals surface area (Å²) in [6.45, 7) is 2.83. The van der Waals surface area contributed by atoms with Gasteiger partial charge in [0.2, 0.25) is 0 Å². The zero-order valence-electron chi connectivity index (χ0n) is 8.40. The molecule has 0 heterocycles. The van der Waals surface area contributed by atoms with E-state index < -0.39 is 4.92 Å². The molecule has 1 aromatic carbocycles. The standard InChI is InChI=1S/C10H12ClNO3/c1-2-5-15-7-8-3-4-9(11)6-10(8)12(13)14/h3-4,6H,2,5,7H2,1H3. The van der Waals surface area contributed by atoms with Gasteiger partial charge in [-0.1, -0.05) is 18.5 Å². The van der Waals surface area contributed by atoms with E-state index in [-0.39, 0.29) is 12.3 Å². The highest BCUT2D eigenvalue weighted by Crippen LogP contribution is 2.23. The van der Waals surface area contributed by atoms with Crippen molar-refractivity contribution < 1.29 is 9.66 Å². The molecule has 0 spiro atoms. The fraction of sp³-hybridized carbons (Fsp3) is 0.400. The highest BCUT2D eigenvalue weighted by molar-refractivity contribution is 6.30. The molecule has 0 saturated heterocycles. The molecule has 0 aromatic heterocycles. The van der Waals surface area contributed by atoms with Crippen molar-refractivity contribution in [3.8, 4) is 0 Å². The van der Waals surface area contributed by atoms with Crippen LogP contribution in [0, 0.1) is 10.1 Å². The molecule has 0 aliphatic carbocycles. The van der Waals surface area contributed by atoms with Crippen LogP contribution in [-0.4, -0.2) is 11.5 Å². The Morgan fingerprint density at radius 3 is 2.87 bits per heavy atom. The minimum absolute atomic E-state index is 0.0126. The Hall–Kier alpha value is -1.13. The molecule has 1 aromatic rings. The van der Waals surface area contributed by atoms with Crippen molar-refractivity contribution in [1.29, 1.82) is 0 Å². The Balaban J connectivity index is 2.81. The number of nitrogens with zero attached hydrogens (tertiary/aromatic N) is 1. The van der Waals surface area contributed by atoms with E-state index in [2.05, 4.69) is 0 Å². The lowest BCUT2D eigenvalue weighted by molar-refractivity contribution is -0.385. The van der Waals surface area contributed by atoms with Crippen molar-refractivity contribution in [1.82, 2.24) is 0 Å². The highest BCUT2D eigenvalue weighted by Gasteiger charge is 2.13. The molecule has 0 aliphatic heterocycles. The lowest BCUT2D eigenvalue weighted by atomic mass is 10.2. The zero-order valence-corrected chi connectivity index (χ0v) is 9.16. The van der Waals surface area contributed by atoms with Gasteiger partial charge < -0.3 is 4.74 Å². The predicted molar refractivity (Wildman–Crippen MR) is 58.1 cm³/mol. The number of benzene rings is 1. The van der Waals surface area contributed by atoms with E-state index in [0.717, 1.165) is 6.42 Å². The molecule has 0 fully saturated rings. The number of hydrogen-bond donors (Lipinski definition) is 0. The van der Waals surface area contributed by atoms with Crippen molar-refractivity contribution in [2.45, 2.75) is 20.0 Å². The Morgan fingerprint density at radius 1 is 1.53 bits per heavy atom. The average molecular weight is 230 g/mol. The summed E-state index contributed by atoms with van der Waals surface area (Å²) in [6.07, 6.45) is 0.890. The van der Waals surface area contributed by atoms with Gasteiger partial charge in [0.15, 0.2) is 0 Å². The van der Waals surface area contributed by atoms with Gasteiger partial charge in [0.05, 0.1) is 17.1 Å². The SMILES string of the molecule is CCCOCc1ccc(Cl)cc1[N+](=O)[O-]. The Bertz CT molecular complexity index is 355. The molecule has 0 amide bonds. The molecule has 4 nitrogen and oxygen atoms in total. The minimum atomic E-state index is -0.448. The molecule has 82 valence electrons. The van der Waals surface area contributed by atoms with Crippen LogP contribution in [0.3, 0.4) is 0 Å². The largest absolute Gasteiger partial charge is 0.377 e. The van der Waals surface area contributed by atoms with E-state index in [1.165, 1.54) is 6.07 Å². The summed E-state index contributed by atoms with van der Waals surface area (Å²) >= 11 is 5.68. The van der Waals surface area contributed by atoms with E-state index in [0.29, 0.717) is 17.2 Å². The number of halogens is 1. The Morgan fingerprint density at radius 2 is 2.27 bits per heavy atom. The fourth-order valence-electron chi connectivity index (χ4n) is 1.16. The quantitative estimate of drug-likeness (QED) is 0.443. The van der Waals surface area contributed by atoms with Gasteiger partial charge in [-0.2, -0.15) is 0 Å². The summed E-state index contributed by atoms with van der Waals surface area (Å²) in [6, 6.07) is 4.58. The number of rotatable bonds is 5. The third-order valence-corrected chi connectivity index (χ3v) is 2.09. The normalized spacial score (nSPS) is 10.3. The molecule has 0 bridgehead atoms. The van der Waals surface area contributed by atoms with Crippen LogP contribution in [0.4, 0.5) is 5.69 Å². The van der Waals surface area contributed by atoms with Gasteiger partial charge in [-0.25, -0.2) is 0 Å². The third-order valence-electron chi connectivity index (χ3n) is 1.85.